The molecule has 0 aromatic heterocycles. The molecule has 0 heterocycles. The third-order valence-corrected chi connectivity index (χ3v) is 6.40. The van der Waals surface area contributed by atoms with Gasteiger partial charge in [0.25, 0.3) is 0 Å². The van der Waals surface area contributed by atoms with Gasteiger partial charge in [0.15, 0.2) is 0 Å². The highest BCUT2D eigenvalue weighted by atomic mass is 15.0. The quantitative estimate of drug-likeness (QED) is 0.536. The van der Waals surface area contributed by atoms with Crippen LogP contribution in [0, 0.1) is 11.3 Å². The Morgan fingerprint density at radius 3 is 2.73 bits per heavy atom. The molecule has 1 fully saturated rings. The van der Waals surface area contributed by atoms with Gasteiger partial charge in [-0.05, 0) is 61.3 Å². The van der Waals surface area contributed by atoms with Gasteiger partial charge in [0.05, 0.1) is 0 Å². The first-order chi connectivity index (χ1) is 12.7. The molecule has 3 heteroatoms. The SMILES string of the molecule is CCCC(CCC)CNC1CC12CCc1ccc(/C(C=N)=C/NC)cc12. The monoisotopic (exact) mass is 353 g/mol. The van der Waals surface area contributed by atoms with Gasteiger partial charge in [0.1, 0.15) is 0 Å². The van der Waals surface area contributed by atoms with Crippen LogP contribution in [0.5, 0.6) is 0 Å². The van der Waals surface area contributed by atoms with E-state index in [1.165, 1.54) is 63.3 Å². The standard InChI is InChI=1S/C23H35N3/c1-4-6-17(7-5-2)15-26-22-13-23(22)11-10-18-8-9-19(12-21(18)23)20(14-24)16-25-3/h8-9,12,14,16-17,22,24-26H,4-7,10-11,13,15H2,1-3H3/b20-16+,24-14?. The molecular formula is C23H35N3. The van der Waals surface area contributed by atoms with Crippen LogP contribution in [0.2, 0.25) is 0 Å². The summed E-state index contributed by atoms with van der Waals surface area (Å²) in [4.78, 5) is 0. The fraction of sp³-hybridized carbons (Fsp3) is 0.609. The van der Waals surface area contributed by atoms with Crippen molar-refractivity contribution in [2.75, 3.05) is 13.6 Å². The summed E-state index contributed by atoms with van der Waals surface area (Å²) in [5.74, 6) is 0.831. The number of nitrogens with one attached hydrogen (secondary N) is 3. The van der Waals surface area contributed by atoms with E-state index in [0.717, 1.165) is 17.1 Å². The Hall–Kier alpha value is -1.61. The van der Waals surface area contributed by atoms with Crippen LogP contribution < -0.4 is 10.6 Å². The summed E-state index contributed by atoms with van der Waals surface area (Å²) in [5, 5.41) is 14.7. The number of aryl methyl sites for hydroxylation is 1. The number of benzene rings is 1. The van der Waals surface area contributed by atoms with E-state index in [0.29, 0.717) is 11.5 Å². The summed E-state index contributed by atoms with van der Waals surface area (Å²) in [5.41, 5.74) is 5.54. The van der Waals surface area contributed by atoms with Crippen LogP contribution in [0.1, 0.15) is 69.1 Å². The molecule has 0 radical (unpaired) electrons. The molecule has 2 atom stereocenters. The van der Waals surface area contributed by atoms with E-state index in [1.54, 1.807) is 5.56 Å². The molecule has 0 aliphatic heterocycles. The Bertz CT molecular complexity index is 657. The second-order valence-corrected chi connectivity index (χ2v) is 8.17. The molecule has 1 spiro atoms. The van der Waals surface area contributed by atoms with Crippen molar-refractivity contribution in [1.29, 1.82) is 5.41 Å². The molecule has 0 bridgehead atoms. The van der Waals surface area contributed by atoms with Gasteiger partial charge in [-0.25, -0.2) is 0 Å². The molecule has 3 rings (SSSR count). The van der Waals surface area contributed by atoms with Crippen molar-refractivity contribution >= 4 is 11.8 Å². The van der Waals surface area contributed by atoms with Crippen molar-refractivity contribution < 1.29 is 0 Å². The molecule has 0 saturated heterocycles. The predicted octanol–water partition coefficient (Wildman–Crippen LogP) is 4.66. The van der Waals surface area contributed by atoms with Crippen LogP contribution in [0.25, 0.3) is 5.57 Å². The lowest BCUT2D eigenvalue weighted by Crippen LogP contribution is -2.29. The average Bonchev–Trinajstić information content (AvgIpc) is 3.24. The third kappa shape index (κ3) is 3.73. The van der Waals surface area contributed by atoms with Crippen molar-refractivity contribution in [1.82, 2.24) is 10.6 Å². The van der Waals surface area contributed by atoms with Crippen molar-refractivity contribution in [2.45, 2.75) is 70.3 Å². The van der Waals surface area contributed by atoms with E-state index >= 15 is 0 Å². The van der Waals surface area contributed by atoms with Crippen LogP contribution in [0.3, 0.4) is 0 Å². The zero-order chi connectivity index (χ0) is 18.6. The molecule has 0 amide bonds. The molecule has 2 aliphatic rings. The van der Waals surface area contributed by atoms with Gasteiger partial charge in [-0.3, -0.25) is 0 Å². The first-order valence-corrected chi connectivity index (χ1v) is 10.4. The minimum atomic E-state index is 0.362. The Morgan fingerprint density at radius 2 is 2.08 bits per heavy atom. The van der Waals surface area contributed by atoms with Crippen molar-refractivity contribution in [2.24, 2.45) is 5.92 Å². The van der Waals surface area contributed by atoms with Gasteiger partial charge >= 0.3 is 0 Å². The summed E-state index contributed by atoms with van der Waals surface area (Å²) in [6.07, 6.45) is 12.4. The molecule has 26 heavy (non-hydrogen) atoms. The van der Waals surface area contributed by atoms with E-state index < -0.39 is 0 Å². The summed E-state index contributed by atoms with van der Waals surface area (Å²) in [6, 6.07) is 7.47. The minimum Gasteiger partial charge on any atom is -0.393 e. The predicted molar refractivity (Wildman–Crippen MR) is 112 cm³/mol. The van der Waals surface area contributed by atoms with Crippen LogP contribution in [-0.2, 0) is 11.8 Å². The van der Waals surface area contributed by atoms with Crippen LogP contribution in [0.15, 0.2) is 24.4 Å². The summed E-state index contributed by atoms with van der Waals surface area (Å²) < 4.78 is 0. The first kappa shape index (κ1) is 19.2. The Labute approximate surface area is 159 Å². The highest BCUT2D eigenvalue weighted by Gasteiger charge is 2.57. The largest absolute Gasteiger partial charge is 0.393 e. The lowest BCUT2D eigenvalue weighted by atomic mass is 9.93. The number of allylic oxidation sites excluding steroid dienone is 1. The summed E-state index contributed by atoms with van der Waals surface area (Å²) in [7, 11) is 1.89. The summed E-state index contributed by atoms with van der Waals surface area (Å²) in [6.45, 7) is 5.78. The van der Waals surface area contributed by atoms with Crippen LogP contribution in [0.4, 0.5) is 0 Å². The number of rotatable bonds is 10. The van der Waals surface area contributed by atoms with Crippen molar-refractivity contribution in [3.05, 3.63) is 41.1 Å². The molecule has 2 unspecified atom stereocenters. The van der Waals surface area contributed by atoms with Crippen molar-refractivity contribution in [3.63, 3.8) is 0 Å². The second-order valence-electron chi connectivity index (χ2n) is 8.17. The van der Waals surface area contributed by atoms with E-state index in [4.69, 9.17) is 5.41 Å². The smallest absolute Gasteiger partial charge is 0.0270 e. The molecule has 3 N–H and O–H groups in total. The van der Waals surface area contributed by atoms with Gasteiger partial charge < -0.3 is 16.0 Å². The molecular weight excluding hydrogens is 318 g/mol. The van der Waals surface area contributed by atoms with Crippen molar-refractivity contribution in [3.8, 4) is 0 Å². The fourth-order valence-corrected chi connectivity index (χ4v) is 4.91. The molecule has 2 aliphatic carbocycles. The van der Waals surface area contributed by atoms with Gasteiger partial charge in [-0.2, -0.15) is 0 Å². The maximum absolute atomic E-state index is 7.70. The number of hydrogen-bond donors (Lipinski definition) is 3. The van der Waals surface area contributed by atoms with E-state index in [9.17, 15) is 0 Å². The Balaban J connectivity index is 1.71. The Morgan fingerprint density at radius 1 is 1.31 bits per heavy atom. The van der Waals surface area contributed by atoms with Gasteiger partial charge in [-0.1, -0.05) is 44.9 Å². The van der Waals surface area contributed by atoms with Crippen LogP contribution in [-0.4, -0.2) is 25.8 Å². The minimum absolute atomic E-state index is 0.362. The third-order valence-electron chi connectivity index (χ3n) is 6.40. The second kappa shape index (κ2) is 8.39. The zero-order valence-corrected chi connectivity index (χ0v) is 16.7. The van der Waals surface area contributed by atoms with Crippen LogP contribution >= 0.6 is 0 Å². The van der Waals surface area contributed by atoms with Gasteiger partial charge in [-0.15, -0.1) is 0 Å². The zero-order valence-electron chi connectivity index (χ0n) is 16.7. The van der Waals surface area contributed by atoms with Gasteiger partial charge in [0.2, 0.25) is 0 Å². The summed E-state index contributed by atoms with van der Waals surface area (Å²) >= 11 is 0. The topological polar surface area (TPSA) is 47.9 Å². The van der Waals surface area contributed by atoms with E-state index in [2.05, 4.69) is 42.7 Å². The van der Waals surface area contributed by atoms with E-state index in [1.807, 2.05) is 13.2 Å². The average molecular weight is 354 g/mol. The maximum Gasteiger partial charge on any atom is 0.0270 e. The Kier molecular flexibility index (Phi) is 6.18. The molecule has 1 aromatic rings. The van der Waals surface area contributed by atoms with Gasteiger partial charge in [0, 0.05) is 36.5 Å². The lowest BCUT2D eigenvalue weighted by molar-refractivity contribution is 0.400. The highest BCUT2D eigenvalue weighted by Crippen LogP contribution is 2.57. The molecule has 1 saturated carbocycles. The normalized spacial score (nSPS) is 24.2. The number of fused-ring (bicyclic) bond motifs is 2. The number of hydrogen-bond acceptors (Lipinski definition) is 3. The van der Waals surface area contributed by atoms with E-state index in [-0.39, 0.29) is 0 Å². The molecule has 142 valence electrons. The maximum atomic E-state index is 7.70. The fourth-order valence-electron chi connectivity index (χ4n) is 4.91. The molecule has 1 aromatic carbocycles. The first-order valence-electron chi connectivity index (χ1n) is 10.4. The highest BCUT2D eigenvalue weighted by molar-refractivity contribution is 6.08. The molecule has 3 nitrogen and oxygen atoms in total. The lowest BCUT2D eigenvalue weighted by Gasteiger charge is -2.18.